The summed E-state index contributed by atoms with van der Waals surface area (Å²) in [6, 6.07) is 9.34. The summed E-state index contributed by atoms with van der Waals surface area (Å²) in [6.45, 7) is 1.46. The number of nitrogens with zero attached hydrogens (tertiary/aromatic N) is 2. The topological polar surface area (TPSA) is 96.2 Å². The van der Waals surface area contributed by atoms with Crippen LogP contribution >= 0.6 is 0 Å². The maximum atomic E-state index is 12.3. The highest BCUT2D eigenvalue weighted by Gasteiger charge is 2.20. The van der Waals surface area contributed by atoms with E-state index < -0.39 is 5.97 Å². The third-order valence-electron chi connectivity index (χ3n) is 4.95. The highest BCUT2D eigenvalue weighted by molar-refractivity contribution is 5.74. The predicted molar refractivity (Wildman–Crippen MR) is 101 cm³/mol. The van der Waals surface area contributed by atoms with E-state index in [1.54, 1.807) is 0 Å². The SMILES string of the molecule is O=C(O)CCC(Cc1ccccc1)NC(=O)NCC1CCc2nccn2C1. The third-order valence-corrected chi connectivity index (χ3v) is 4.95. The van der Waals surface area contributed by atoms with Crippen molar-refractivity contribution in [3.63, 3.8) is 0 Å². The van der Waals surface area contributed by atoms with Crippen molar-refractivity contribution in [3.05, 3.63) is 54.1 Å². The molecule has 0 radical (unpaired) electrons. The molecule has 2 atom stereocenters. The zero-order valence-electron chi connectivity index (χ0n) is 15.3. The number of carboxylic acid groups (broad SMARTS) is 1. The van der Waals surface area contributed by atoms with E-state index in [4.69, 9.17) is 5.11 Å². The van der Waals surface area contributed by atoms with E-state index >= 15 is 0 Å². The number of hydrogen-bond donors (Lipinski definition) is 3. The number of amides is 2. The summed E-state index contributed by atoms with van der Waals surface area (Å²) in [4.78, 5) is 27.6. The molecule has 2 heterocycles. The number of carboxylic acids is 1. The van der Waals surface area contributed by atoms with Crippen molar-refractivity contribution in [1.82, 2.24) is 20.2 Å². The lowest BCUT2D eigenvalue weighted by molar-refractivity contribution is -0.137. The molecule has 0 aliphatic carbocycles. The third kappa shape index (κ3) is 5.84. The van der Waals surface area contributed by atoms with Crippen molar-refractivity contribution < 1.29 is 14.7 Å². The van der Waals surface area contributed by atoms with Gasteiger partial charge in [0, 0.05) is 44.4 Å². The van der Waals surface area contributed by atoms with Crippen LogP contribution in [0.2, 0.25) is 0 Å². The second-order valence-corrected chi connectivity index (χ2v) is 7.07. The minimum Gasteiger partial charge on any atom is -0.481 e. The number of aryl methyl sites for hydroxylation is 1. The Bertz CT molecular complexity index is 760. The molecule has 1 aromatic carbocycles. The van der Waals surface area contributed by atoms with Crippen molar-refractivity contribution in [2.24, 2.45) is 5.92 Å². The van der Waals surface area contributed by atoms with Gasteiger partial charge in [-0.25, -0.2) is 9.78 Å². The molecule has 3 rings (SSSR count). The number of aliphatic carboxylic acids is 1. The maximum absolute atomic E-state index is 12.3. The molecule has 2 unspecified atom stereocenters. The smallest absolute Gasteiger partial charge is 0.315 e. The van der Waals surface area contributed by atoms with Gasteiger partial charge in [0.15, 0.2) is 0 Å². The number of urea groups is 1. The van der Waals surface area contributed by atoms with Crippen molar-refractivity contribution >= 4 is 12.0 Å². The second-order valence-electron chi connectivity index (χ2n) is 7.07. The van der Waals surface area contributed by atoms with Crippen LogP contribution in [0.15, 0.2) is 42.7 Å². The summed E-state index contributed by atoms with van der Waals surface area (Å²) in [5.41, 5.74) is 1.08. The fourth-order valence-corrected chi connectivity index (χ4v) is 3.50. The first-order valence-corrected chi connectivity index (χ1v) is 9.40. The van der Waals surface area contributed by atoms with E-state index in [1.165, 1.54) is 0 Å². The molecule has 1 aliphatic rings. The average Bonchev–Trinajstić information content (AvgIpc) is 3.13. The standard InChI is InChI=1S/C20H26N4O3/c25-19(26)9-7-17(12-15-4-2-1-3-5-15)23-20(27)22-13-16-6-8-18-21-10-11-24(18)14-16/h1-5,10-11,16-17H,6-9,12-14H2,(H,25,26)(H2,22,23,27). The fourth-order valence-electron chi connectivity index (χ4n) is 3.50. The van der Waals surface area contributed by atoms with Crippen LogP contribution in [0.1, 0.15) is 30.7 Å². The quantitative estimate of drug-likeness (QED) is 0.664. The highest BCUT2D eigenvalue weighted by Crippen LogP contribution is 2.17. The Morgan fingerprint density at radius 1 is 1.30 bits per heavy atom. The zero-order valence-corrected chi connectivity index (χ0v) is 15.3. The molecular weight excluding hydrogens is 344 g/mol. The minimum absolute atomic E-state index is 0.0316. The number of aromatic nitrogens is 2. The number of nitrogens with one attached hydrogen (secondary N) is 2. The molecule has 2 aromatic rings. The van der Waals surface area contributed by atoms with Gasteiger partial charge in [-0.3, -0.25) is 4.79 Å². The van der Waals surface area contributed by atoms with Crippen LogP contribution in [-0.2, 0) is 24.2 Å². The monoisotopic (exact) mass is 370 g/mol. The number of carbonyl (C=O) groups is 2. The summed E-state index contributed by atoms with van der Waals surface area (Å²) >= 11 is 0. The van der Waals surface area contributed by atoms with Crippen LogP contribution < -0.4 is 10.6 Å². The number of carbonyl (C=O) groups excluding carboxylic acids is 1. The van der Waals surface area contributed by atoms with Gasteiger partial charge in [0.25, 0.3) is 0 Å². The fraction of sp³-hybridized carbons (Fsp3) is 0.450. The van der Waals surface area contributed by atoms with Gasteiger partial charge in [0.1, 0.15) is 5.82 Å². The van der Waals surface area contributed by atoms with Crippen LogP contribution in [0.5, 0.6) is 0 Å². The predicted octanol–water partition coefficient (Wildman–Crippen LogP) is 2.22. The Labute approximate surface area is 158 Å². The van der Waals surface area contributed by atoms with Gasteiger partial charge < -0.3 is 20.3 Å². The Balaban J connectivity index is 1.48. The molecule has 0 bridgehead atoms. The number of fused-ring (bicyclic) bond motifs is 1. The Hall–Kier alpha value is -2.83. The number of benzene rings is 1. The average molecular weight is 370 g/mol. The summed E-state index contributed by atoms with van der Waals surface area (Å²) in [7, 11) is 0. The van der Waals surface area contributed by atoms with Crippen LogP contribution in [-0.4, -0.2) is 39.2 Å². The number of imidazole rings is 1. The van der Waals surface area contributed by atoms with Gasteiger partial charge >= 0.3 is 12.0 Å². The molecule has 0 spiro atoms. The molecule has 0 saturated carbocycles. The zero-order chi connectivity index (χ0) is 19.1. The lowest BCUT2D eigenvalue weighted by atomic mass is 9.99. The molecule has 2 amide bonds. The molecule has 3 N–H and O–H groups in total. The molecule has 1 aromatic heterocycles. The van der Waals surface area contributed by atoms with Gasteiger partial charge in [-0.1, -0.05) is 30.3 Å². The van der Waals surface area contributed by atoms with Gasteiger partial charge in [-0.2, -0.15) is 0 Å². The first kappa shape index (κ1) is 18.9. The molecule has 144 valence electrons. The summed E-state index contributed by atoms with van der Waals surface area (Å²) < 4.78 is 2.14. The van der Waals surface area contributed by atoms with E-state index in [9.17, 15) is 9.59 Å². The summed E-state index contributed by atoms with van der Waals surface area (Å²) in [5, 5.41) is 14.9. The van der Waals surface area contributed by atoms with E-state index in [2.05, 4.69) is 20.2 Å². The number of hydrogen-bond acceptors (Lipinski definition) is 3. The number of rotatable bonds is 8. The van der Waals surface area contributed by atoms with Gasteiger partial charge in [0.2, 0.25) is 0 Å². The van der Waals surface area contributed by atoms with Crippen molar-refractivity contribution in [2.45, 2.75) is 44.7 Å². The second kappa shape index (κ2) is 9.21. The Kier molecular flexibility index (Phi) is 6.46. The molecule has 0 saturated heterocycles. The molecule has 0 fully saturated rings. The Morgan fingerprint density at radius 2 is 2.11 bits per heavy atom. The van der Waals surface area contributed by atoms with Gasteiger partial charge in [-0.15, -0.1) is 0 Å². The summed E-state index contributed by atoms with van der Waals surface area (Å²) in [6.07, 6.45) is 6.77. The van der Waals surface area contributed by atoms with Crippen molar-refractivity contribution in [1.29, 1.82) is 0 Å². The lowest BCUT2D eigenvalue weighted by Crippen LogP contribution is -2.45. The van der Waals surface area contributed by atoms with E-state index in [1.807, 2.05) is 42.7 Å². The van der Waals surface area contributed by atoms with E-state index in [-0.39, 0.29) is 18.5 Å². The first-order chi connectivity index (χ1) is 13.1. The van der Waals surface area contributed by atoms with Crippen molar-refractivity contribution in [3.8, 4) is 0 Å². The molecule has 27 heavy (non-hydrogen) atoms. The minimum atomic E-state index is -0.853. The van der Waals surface area contributed by atoms with Gasteiger partial charge in [0.05, 0.1) is 0 Å². The van der Waals surface area contributed by atoms with Crippen LogP contribution in [0.25, 0.3) is 0 Å². The van der Waals surface area contributed by atoms with E-state index in [0.717, 1.165) is 30.8 Å². The van der Waals surface area contributed by atoms with Crippen LogP contribution in [0, 0.1) is 5.92 Å². The van der Waals surface area contributed by atoms with E-state index in [0.29, 0.717) is 25.3 Å². The van der Waals surface area contributed by atoms with Gasteiger partial charge in [-0.05, 0) is 30.7 Å². The highest BCUT2D eigenvalue weighted by atomic mass is 16.4. The summed E-state index contributed by atoms with van der Waals surface area (Å²) in [5.74, 6) is 0.630. The molecular formula is C20H26N4O3. The normalized spacial score (nSPS) is 17.0. The van der Waals surface area contributed by atoms with Crippen LogP contribution in [0.3, 0.4) is 0 Å². The largest absolute Gasteiger partial charge is 0.481 e. The molecule has 7 nitrogen and oxygen atoms in total. The lowest BCUT2D eigenvalue weighted by Gasteiger charge is -2.25. The first-order valence-electron chi connectivity index (χ1n) is 9.40. The van der Waals surface area contributed by atoms with Crippen molar-refractivity contribution in [2.75, 3.05) is 6.54 Å². The molecule has 1 aliphatic heterocycles. The maximum Gasteiger partial charge on any atom is 0.315 e. The Morgan fingerprint density at radius 3 is 2.89 bits per heavy atom. The molecule has 7 heteroatoms. The van der Waals surface area contributed by atoms with Crippen LogP contribution in [0.4, 0.5) is 4.79 Å².